The van der Waals surface area contributed by atoms with Crippen molar-refractivity contribution in [1.82, 2.24) is 15.2 Å². The predicted octanol–water partition coefficient (Wildman–Crippen LogP) is 5.60. The highest BCUT2D eigenvalue weighted by Gasteiger charge is 2.37. The van der Waals surface area contributed by atoms with Crippen molar-refractivity contribution in [2.75, 3.05) is 38.2 Å². The van der Waals surface area contributed by atoms with Crippen LogP contribution in [-0.4, -0.2) is 58.2 Å². The molecule has 11 heteroatoms. The van der Waals surface area contributed by atoms with Gasteiger partial charge in [0.2, 0.25) is 15.9 Å². The van der Waals surface area contributed by atoms with Gasteiger partial charge in [-0.15, -0.1) is 0 Å². The summed E-state index contributed by atoms with van der Waals surface area (Å²) in [6.45, 7) is 2.53. The maximum atomic E-state index is 14.4. The van der Waals surface area contributed by atoms with E-state index in [1.807, 2.05) is 44.3 Å². The standard InChI is InChI=1S/C31H31FN4O5S/c1-17-9-11-18(12-10-17)29-27(30(37)33-2)21-14-20(23(15-26(21)40-29)36(4)42(5,38)39)19-13-24(35(3)16-19)31-34-28-22(32)7-6-8-25(28)41-31/h6-12,14-15,19,24H,13,16H2,1-5H3,(H,33,37)/t19?,24-/m0/s1. The number of aryl methyl sites for hydroxylation is 1. The molecule has 5 aromatic rings. The van der Waals surface area contributed by atoms with E-state index in [0.717, 1.165) is 22.9 Å². The number of hydrogen-bond acceptors (Lipinski definition) is 7. The Bertz CT molecular complexity index is 1950. The van der Waals surface area contributed by atoms with Crippen LogP contribution in [0.25, 0.3) is 33.4 Å². The quantitative estimate of drug-likeness (QED) is 0.274. The minimum absolute atomic E-state index is 0.154. The van der Waals surface area contributed by atoms with Gasteiger partial charge in [0.25, 0.3) is 5.91 Å². The number of benzene rings is 3. The molecule has 6 rings (SSSR count). The normalized spacial score (nSPS) is 17.8. The number of aromatic nitrogens is 1. The molecule has 2 aromatic heterocycles. The fourth-order valence-electron chi connectivity index (χ4n) is 5.77. The summed E-state index contributed by atoms with van der Waals surface area (Å²) < 4.78 is 53.3. The molecule has 0 radical (unpaired) electrons. The van der Waals surface area contributed by atoms with E-state index in [4.69, 9.17) is 8.83 Å². The van der Waals surface area contributed by atoms with E-state index in [-0.39, 0.29) is 23.4 Å². The van der Waals surface area contributed by atoms with Crippen LogP contribution in [-0.2, 0) is 10.0 Å². The summed E-state index contributed by atoms with van der Waals surface area (Å²) in [6, 6.07) is 15.6. The first-order valence-corrected chi connectivity index (χ1v) is 15.4. The van der Waals surface area contributed by atoms with Gasteiger partial charge in [-0.3, -0.25) is 14.0 Å². The van der Waals surface area contributed by atoms with Crippen molar-refractivity contribution < 1.29 is 26.4 Å². The summed E-state index contributed by atoms with van der Waals surface area (Å²) in [5, 5.41) is 3.30. The van der Waals surface area contributed by atoms with Gasteiger partial charge in [0, 0.05) is 43.6 Å². The van der Waals surface area contributed by atoms with Gasteiger partial charge in [-0.1, -0.05) is 35.9 Å². The minimum Gasteiger partial charge on any atom is -0.455 e. The highest BCUT2D eigenvalue weighted by molar-refractivity contribution is 7.92. The van der Waals surface area contributed by atoms with Gasteiger partial charge >= 0.3 is 0 Å². The molecular formula is C31H31FN4O5S. The Morgan fingerprint density at radius 2 is 1.86 bits per heavy atom. The SMILES string of the molecule is CNC(=O)c1c(-c2ccc(C)cc2)oc2cc(N(C)S(C)(=O)=O)c(C3C[C@@H](c4nc5c(F)cccc5o4)N(C)C3)cc12. The number of likely N-dealkylation sites (tertiary alicyclic amines) is 1. The predicted molar refractivity (Wildman–Crippen MR) is 160 cm³/mol. The number of nitrogens with zero attached hydrogens (tertiary/aromatic N) is 3. The average Bonchev–Trinajstić information content (AvgIpc) is 3.66. The Labute approximate surface area is 243 Å². The zero-order chi connectivity index (χ0) is 29.9. The lowest BCUT2D eigenvalue weighted by molar-refractivity contribution is 0.0964. The molecule has 0 spiro atoms. The zero-order valence-electron chi connectivity index (χ0n) is 23.9. The molecule has 1 aliphatic heterocycles. The molecule has 1 unspecified atom stereocenters. The van der Waals surface area contributed by atoms with E-state index in [1.165, 1.54) is 17.4 Å². The molecule has 3 heterocycles. The van der Waals surface area contributed by atoms with Crippen molar-refractivity contribution in [3.05, 3.63) is 83.0 Å². The maximum Gasteiger partial charge on any atom is 0.255 e. The molecule has 42 heavy (non-hydrogen) atoms. The average molecular weight is 591 g/mol. The molecule has 0 aliphatic carbocycles. The van der Waals surface area contributed by atoms with Gasteiger partial charge in [0.15, 0.2) is 11.4 Å². The van der Waals surface area contributed by atoms with Crippen molar-refractivity contribution in [3.63, 3.8) is 0 Å². The van der Waals surface area contributed by atoms with Crippen molar-refractivity contribution in [1.29, 1.82) is 0 Å². The lowest BCUT2D eigenvalue weighted by Crippen LogP contribution is -2.26. The second kappa shape index (κ2) is 10.2. The summed E-state index contributed by atoms with van der Waals surface area (Å²) in [6.07, 6.45) is 1.69. The first-order chi connectivity index (χ1) is 20.0. The number of carbonyl (C=O) groups excluding carboxylic acids is 1. The lowest BCUT2D eigenvalue weighted by atomic mass is 9.92. The Morgan fingerprint density at radius 1 is 1.12 bits per heavy atom. The van der Waals surface area contributed by atoms with Crippen molar-refractivity contribution in [2.24, 2.45) is 0 Å². The van der Waals surface area contributed by atoms with Gasteiger partial charge in [0.05, 0.1) is 23.5 Å². The lowest BCUT2D eigenvalue weighted by Gasteiger charge is -2.23. The molecule has 1 N–H and O–H groups in total. The van der Waals surface area contributed by atoms with Crippen LogP contribution in [0.3, 0.4) is 0 Å². The second-order valence-corrected chi connectivity index (χ2v) is 12.9. The summed E-state index contributed by atoms with van der Waals surface area (Å²) in [5.74, 6) is -0.110. The van der Waals surface area contributed by atoms with Crippen LogP contribution < -0.4 is 9.62 Å². The topological polar surface area (TPSA) is 109 Å². The molecule has 1 saturated heterocycles. The first kappa shape index (κ1) is 27.9. The molecule has 3 aromatic carbocycles. The van der Waals surface area contributed by atoms with Crippen LogP contribution in [0.4, 0.5) is 10.1 Å². The fraction of sp³-hybridized carbons (Fsp3) is 0.290. The molecule has 1 fully saturated rings. The van der Waals surface area contributed by atoms with E-state index in [9.17, 15) is 17.6 Å². The van der Waals surface area contributed by atoms with Crippen LogP contribution in [0.5, 0.6) is 0 Å². The molecule has 218 valence electrons. The third kappa shape index (κ3) is 4.72. The number of anilines is 1. The molecule has 0 bridgehead atoms. The number of halogens is 1. The smallest absolute Gasteiger partial charge is 0.255 e. The van der Waals surface area contributed by atoms with Crippen LogP contribution in [0.1, 0.15) is 45.8 Å². The van der Waals surface area contributed by atoms with E-state index < -0.39 is 15.8 Å². The highest BCUT2D eigenvalue weighted by Crippen LogP contribution is 2.46. The van der Waals surface area contributed by atoms with Gasteiger partial charge in [-0.2, -0.15) is 0 Å². The Morgan fingerprint density at radius 3 is 2.52 bits per heavy atom. The van der Waals surface area contributed by atoms with Crippen molar-refractivity contribution >= 4 is 43.7 Å². The van der Waals surface area contributed by atoms with Gasteiger partial charge in [-0.25, -0.2) is 17.8 Å². The zero-order valence-corrected chi connectivity index (χ0v) is 24.8. The molecule has 1 aliphatic rings. The summed E-state index contributed by atoms with van der Waals surface area (Å²) >= 11 is 0. The van der Waals surface area contributed by atoms with E-state index in [0.29, 0.717) is 52.4 Å². The number of amides is 1. The van der Waals surface area contributed by atoms with Crippen LogP contribution in [0.2, 0.25) is 0 Å². The second-order valence-electron chi connectivity index (χ2n) is 10.9. The van der Waals surface area contributed by atoms with E-state index >= 15 is 0 Å². The fourth-order valence-corrected chi connectivity index (χ4v) is 6.29. The Hall–Kier alpha value is -4.22. The number of likely N-dealkylation sites (N-methyl/N-ethyl adjacent to an activating group) is 1. The molecular weight excluding hydrogens is 559 g/mol. The first-order valence-electron chi connectivity index (χ1n) is 13.5. The number of sulfonamides is 1. The third-order valence-corrected chi connectivity index (χ3v) is 9.29. The molecule has 2 atom stereocenters. The maximum absolute atomic E-state index is 14.4. The number of rotatable bonds is 6. The van der Waals surface area contributed by atoms with Crippen molar-refractivity contribution in [2.45, 2.75) is 25.3 Å². The number of furan rings is 1. The van der Waals surface area contributed by atoms with E-state index in [2.05, 4.69) is 15.2 Å². The summed E-state index contributed by atoms with van der Waals surface area (Å²) in [7, 11) is 1.36. The number of fused-ring (bicyclic) bond motifs is 2. The van der Waals surface area contributed by atoms with E-state index in [1.54, 1.807) is 25.2 Å². The largest absolute Gasteiger partial charge is 0.455 e. The number of hydrogen-bond donors (Lipinski definition) is 1. The van der Waals surface area contributed by atoms with Crippen LogP contribution >= 0.6 is 0 Å². The van der Waals surface area contributed by atoms with Gasteiger partial charge in [0.1, 0.15) is 16.9 Å². The highest BCUT2D eigenvalue weighted by atomic mass is 32.2. The van der Waals surface area contributed by atoms with Gasteiger partial charge < -0.3 is 14.2 Å². The number of carbonyl (C=O) groups is 1. The molecule has 0 saturated carbocycles. The Balaban J connectivity index is 1.51. The number of nitrogens with one attached hydrogen (secondary N) is 1. The summed E-state index contributed by atoms with van der Waals surface area (Å²) in [5.41, 5.74) is 4.34. The monoisotopic (exact) mass is 590 g/mol. The number of para-hydroxylation sites is 1. The molecule has 9 nitrogen and oxygen atoms in total. The number of oxazole rings is 1. The third-order valence-electron chi connectivity index (χ3n) is 8.10. The summed E-state index contributed by atoms with van der Waals surface area (Å²) in [4.78, 5) is 19.7. The molecule has 1 amide bonds. The van der Waals surface area contributed by atoms with Crippen LogP contribution in [0.15, 0.2) is 63.4 Å². The van der Waals surface area contributed by atoms with Gasteiger partial charge in [-0.05, 0) is 44.2 Å². The Kier molecular flexibility index (Phi) is 6.81. The minimum atomic E-state index is -3.63. The van der Waals surface area contributed by atoms with Crippen LogP contribution in [0, 0.1) is 12.7 Å². The van der Waals surface area contributed by atoms with Crippen molar-refractivity contribution in [3.8, 4) is 11.3 Å².